The van der Waals surface area contributed by atoms with E-state index in [-0.39, 0.29) is 12.6 Å². The molecule has 0 fully saturated rings. The summed E-state index contributed by atoms with van der Waals surface area (Å²) in [4.78, 5) is 12.3. The third kappa shape index (κ3) is 8.24. The van der Waals surface area contributed by atoms with Crippen molar-refractivity contribution >= 4 is 28.3 Å². The van der Waals surface area contributed by atoms with E-state index >= 15 is 0 Å². The Morgan fingerprint density at radius 2 is 1.68 bits per heavy atom. The van der Waals surface area contributed by atoms with Gasteiger partial charge in [-0.25, -0.2) is 9.97 Å². The number of aliphatic hydroxyl groups is 1. The molecule has 1 atom stereocenters. The summed E-state index contributed by atoms with van der Waals surface area (Å²) in [6.45, 7) is 11.7. The highest BCUT2D eigenvalue weighted by atomic mass is 35.5. The summed E-state index contributed by atoms with van der Waals surface area (Å²) >= 11 is 6.35. The molecule has 0 aliphatic rings. The lowest BCUT2D eigenvalue weighted by molar-refractivity contribution is 0.286. The third-order valence-corrected chi connectivity index (χ3v) is 7.53. The van der Waals surface area contributed by atoms with Crippen molar-refractivity contribution in [2.24, 2.45) is 0 Å². The van der Waals surface area contributed by atoms with Crippen molar-refractivity contribution < 1.29 is 5.11 Å². The van der Waals surface area contributed by atoms with Crippen LogP contribution in [0.15, 0.2) is 66.7 Å². The van der Waals surface area contributed by atoms with Gasteiger partial charge in [0.1, 0.15) is 5.82 Å². The molecule has 3 aromatic carbocycles. The molecule has 0 aliphatic carbocycles. The molecule has 0 radical (unpaired) electrons. The molecule has 1 aromatic heterocycles. The van der Waals surface area contributed by atoms with Gasteiger partial charge in [0, 0.05) is 35.2 Å². The van der Waals surface area contributed by atoms with Crippen molar-refractivity contribution in [3.8, 4) is 22.5 Å². The van der Waals surface area contributed by atoms with E-state index in [0.29, 0.717) is 10.8 Å². The molecule has 4 aromatic rings. The molecule has 4 rings (SSSR count). The predicted octanol–water partition coefficient (Wildman–Crippen LogP) is 7.01. The highest BCUT2D eigenvalue weighted by Crippen LogP contribution is 2.29. The first kappa shape index (κ1) is 29.9. The van der Waals surface area contributed by atoms with E-state index in [4.69, 9.17) is 26.7 Å². The minimum absolute atomic E-state index is 0.209. The number of hydrogen-bond acceptors (Lipinski definition) is 6. The molecular formula is C33H42ClN5O. The summed E-state index contributed by atoms with van der Waals surface area (Å²) in [5.74, 6) is 1.53. The average Bonchev–Trinajstić information content (AvgIpc) is 2.97. The van der Waals surface area contributed by atoms with E-state index in [1.807, 2.05) is 18.2 Å². The monoisotopic (exact) mass is 559 g/mol. The lowest BCUT2D eigenvalue weighted by atomic mass is 10.0. The fourth-order valence-electron chi connectivity index (χ4n) is 4.92. The molecule has 0 saturated carbocycles. The molecule has 0 spiro atoms. The quantitative estimate of drug-likeness (QED) is 0.136. The minimum atomic E-state index is 0.209. The van der Waals surface area contributed by atoms with Crippen molar-refractivity contribution in [2.75, 3.05) is 38.1 Å². The maximum Gasteiger partial charge on any atom is 0.162 e. The fraction of sp³-hybridized carbons (Fsp3) is 0.394. The molecule has 0 saturated heterocycles. The maximum absolute atomic E-state index is 8.98. The Morgan fingerprint density at radius 3 is 2.42 bits per heavy atom. The Labute approximate surface area is 243 Å². The van der Waals surface area contributed by atoms with Crippen LogP contribution >= 0.6 is 11.6 Å². The van der Waals surface area contributed by atoms with Crippen molar-refractivity contribution in [3.63, 3.8) is 0 Å². The predicted molar refractivity (Wildman–Crippen MR) is 169 cm³/mol. The Bertz CT molecular complexity index is 1360. The molecule has 6 nitrogen and oxygen atoms in total. The number of benzene rings is 3. The van der Waals surface area contributed by atoms with Crippen LogP contribution in [0.2, 0.25) is 5.02 Å². The molecule has 40 heavy (non-hydrogen) atoms. The van der Waals surface area contributed by atoms with Crippen LogP contribution in [0.3, 0.4) is 0 Å². The highest BCUT2D eigenvalue weighted by molar-refractivity contribution is 6.31. The highest BCUT2D eigenvalue weighted by Gasteiger charge is 2.13. The first-order chi connectivity index (χ1) is 19.5. The second kappa shape index (κ2) is 15.1. The molecule has 7 heteroatoms. The smallest absolute Gasteiger partial charge is 0.162 e. The number of aliphatic hydroxyl groups excluding tert-OH is 1. The van der Waals surface area contributed by atoms with Crippen LogP contribution in [0.1, 0.15) is 45.6 Å². The summed E-state index contributed by atoms with van der Waals surface area (Å²) in [5, 5.41) is 17.7. The van der Waals surface area contributed by atoms with E-state index < -0.39 is 0 Å². The van der Waals surface area contributed by atoms with Gasteiger partial charge in [-0.15, -0.1) is 0 Å². The van der Waals surface area contributed by atoms with Crippen LogP contribution in [0, 0.1) is 0 Å². The van der Waals surface area contributed by atoms with Crippen molar-refractivity contribution in [2.45, 2.75) is 52.6 Å². The number of nitrogens with zero attached hydrogens (tertiary/aromatic N) is 3. The second-order valence-corrected chi connectivity index (χ2v) is 10.7. The van der Waals surface area contributed by atoms with Gasteiger partial charge in [-0.2, -0.15) is 0 Å². The number of anilines is 1. The van der Waals surface area contributed by atoms with Gasteiger partial charge in [0.2, 0.25) is 0 Å². The zero-order valence-electron chi connectivity index (χ0n) is 24.0. The third-order valence-electron chi connectivity index (χ3n) is 7.29. The van der Waals surface area contributed by atoms with Crippen LogP contribution in [-0.4, -0.2) is 58.8 Å². The van der Waals surface area contributed by atoms with Gasteiger partial charge in [0.15, 0.2) is 5.82 Å². The number of hydrogen-bond donors (Lipinski definition) is 3. The van der Waals surface area contributed by atoms with Gasteiger partial charge >= 0.3 is 0 Å². The molecule has 3 N–H and O–H groups in total. The van der Waals surface area contributed by atoms with Gasteiger partial charge in [0.05, 0.1) is 5.52 Å². The van der Waals surface area contributed by atoms with E-state index in [2.05, 4.69) is 84.8 Å². The standard InChI is InChI=1S/C33H42ClN5O/c1-4-39(5-2)19-7-9-24(3)36-33-30-17-16-29(34)22-31(30)37-32(38-33)27-14-12-26(13-15-27)28-11-6-10-25(21-28)23-35-18-8-20-40/h6,10-17,21-22,24,35,40H,4-5,7-9,18-20,23H2,1-3H3,(H,36,37,38). The van der Waals surface area contributed by atoms with E-state index in [1.165, 1.54) is 11.1 Å². The van der Waals surface area contributed by atoms with Crippen molar-refractivity contribution in [3.05, 3.63) is 77.3 Å². The van der Waals surface area contributed by atoms with E-state index in [0.717, 1.165) is 79.8 Å². The Morgan fingerprint density at radius 1 is 0.900 bits per heavy atom. The molecule has 1 heterocycles. The molecule has 0 bridgehead atoms. The number of aromatic nitrogens is 2. The van der Waals surface area contributed by atoms with Gasteiger partial charge in [-0.05, 0) is 93.3 Å². The lowest BCUT2D eigenvalue weighted by Gasteiger charge is -2.20. The molecule has 1 unspecified atom stereocenters. The van der Waals surface area contributed by atoms with Gasteiger partial charge < -0.3 is 20.6 Å². The molecule has 212 valence electrons. The van der Waals surface area contributed by atoms with Crippen LogP contribution < -0.4 is 10.6 Å². The number of halogens is 1. The van der Waals surface area contributed by atoms with E-state index in [9.17, 15) is 0 Å². The lowest BCUT2D eigenvalue weighted by Crippen LogP contribution is -2.25. The summed E-state index contributed by atoms with van der Waals surface area (Å²) < 4.78 is 0. The molecule has 0 amide bonds. The summed E-state index contributed by atoms with van der Waals surface area (Å²) in [7, 11) is 0. The summed E-state index contributed by atoms with van der Waals surface area (Å²) in [6.07, 6.45) is 2.96. The number of fused-ring (bicyclic) bond motifs is 1. The number of rotatable bonds is 15. The maximum atomic E-state index is 8.98. The van der Waals surface area contributed by atoms with Crippen molar-refractivity contribution in [1.82, 2.24) is 20.2 Å². The SMILES string of the molecule is CCN(CC)CCCC(C)Nc1nc(-c2ccc(-c3cccc(CNCCCO)c3)cc2)nc2cc(Cl)ccc12. The molecule has 0 aliphatic heterocycles. The Hall–Kier alpha value is -3.03. The van der Waals surface area contributed by atoms with Gasteiger partial charge in [-0.3, -0.25) is 0 Å². The van der Waals surface area contributed by atoms with Crippen LogP contribution in [0.4, 0.5) is 5.82 Å². The average molecular weight is 560 g/mol. The first-order valence-electron chi connectivity index (χ1n) is 14.5. The topological polar surface area (TPSA) is 73.3 Å². The first-order valence-corrected chi connectivity index (χ1v) is 14.9. The Balaban J connectivity index is 1.53. The van der Waals surface area contributed by atoms with Gasteiger partial charge in [0.25, 0.3) is 0 Å². The van der Waals surface area contributed by atoms with Crippen LogP contribution in [-0.2, 0) is 6.54 Å². The minimum Gasteiger partial charge on any atom is -0.396 e. The Kier molecular flexibility index (Phi) is 11.3. The zero-order chi connectivity index (χ0) is 28.3. The second-order valence-electron chi connectivity index (χ2n) is 10.3. The normalized spacial score (nSPS) is 12.2. The van der Waals surface area contributed by atoms with E-state index in [1.54, 1.807) is 0 Å². The van der Waals surface area contributed by atoms with Crippen LogP contribution in [0.5, 0.6) is 0 Å². The summed E-state index contributed by atoms with van der Waals surface area (Å²) in [6, 6.07) is 23.1. The fourth-order valence-corrected chi connectivity index (χ4v) is 5.08. The zero-order valence-corrected chi connectivity index (χ0v) is 24.7. The van der Waals surface area contributed by atoms with Gasteiger partial charge in [-0.1, -0.05) is 67.9 Å². The molecular weight excluding hydrogens is 518 g/mol. The summed E-state index contributed by atoms with van der Waals surface area (Å²) in [5.41, 5.74) is 5.33. The number of nitrogens with one attached hydrogen (secondary N) is 2. The van der Waals surface area contributed by atoms with Crippen LogP contribution in [0.25, 0.3) is 33.4 Å². The van der Waals surface area contributed by atoms with Crippen molar-refractivity contribution in [1.29, 1.82) is 0 Å². The largest absolute Gasteiger partial charge is 0.396 e.